The molecule has 6 heteroatoms. The molecule has 1 aliphatic heterocycles. The molecule has 4 aliphatic rings. The van der Waals surface area contributed by atoms with Crippen LogP contribution in [0.15, 0.2) is 115 Å². The van der Waals surface area contributed by atoms with Crippen LogP contribution >= 0.6 is 0 Å². The SMILES string of the molecule is C1=Cc2cccnc2C=CC1.C1=Cc2cccnc2C=CC1.C1=Cc2cccnc2N=CC1.C1=Cc2nccnc2C=CC1.CC.CC(C)(C)C.CC(C)(C)C.CC(C)(C)C.CC(C)(C)C. The van der Waals surface area contributed by atoms with E-state index >= 15 is 0 Å². The second-order valence-corrected chi connectivity index (χ2v) is 21.8. The summed E-state index contributed by atoms with van der Waals surface area (Å²) in [6.07, 6.45) is 43.8. The van der Waals surface area contributed by atoms with E-state index in [0.29, 0.717) is 21.7 Å². The highest BCUT2D eigenvalue weighted by molar-refractivity contribution is 5.73. The summed E-state index contributed by atoms with van der Waals surface area (Å²) < 4.78 is 0. The van der Waals surface area contributed by atoms with Crippen molar-refractivity contribution in [2.24, 2.45) is 26.7 Å². The Bertz CT molecular complexity index is 1690. The van der Waals surface area contributed by atoms with Gasteiger partial charge in [-0.05, 0) is 101 Å². The maximum absolute atomic E-state index is 4.24. The fraction of sp³-hybridized carbons (Fsp3) is 0.433. The lowest BCUT2D eigenvalue weighted by atomic mass is 10.0. The number of pyridine rings is 3. The number of fused-ring (bicyclic) bond motifs is 4. The molecule has 4 aromatic rings. The van der Waals surface area contributed by atoms with E-state index in [0.717, 1.165) is 59.8 Å². The Morgan fingerprint density at radius 3 is 0.970 bits per heavy atom. The Morgan fingerprint density at radius 2 is 0.591 bits per heavy atom. The van der Waals surface area contributed by atoms with E-state index in [4.69, 9.17) is 0 Å². The molecule has 6 nitrogen and oxygen atoms in total. The first-order valence-electron chi connectivity index (χ1n) is 23.7. The van der Waals surface area contributed by atoms with Crippen LogP contribution < -0.4 is 0 Å². The third-order valence-electron chi connectivity index (χ3n) is 6.58. The lowest BCUT2D eigenvalue weighted by Gasteiger charge is -2.05. The fourth-order valence-electron chi connectivity index (χ4n) is 4.42. The summed E-state index contributed by atoms with van der Waals surface area (Å²) in [7, 11) is 0. The molecule has 0 bridgehead atoms. The Balaban J connectivity index is 0.000000748. The third kappa shape index (κ3) is 38.8. The van der Waals surface area contributed by atoms with Gasteiger partial charge in [-0.1, -0.05) is 198 Å². The highest BCUT2D eigenvalue weighted by Crippen LogP contribution is 2.19. The summed E-state index contributed by atoms with van der Waals surface area (Å²) in [5.74, 6) is 0.821. The van der Waals surface area contributed by atoms with Crippen LogP contribution in [0.25, 0.3) is 42.5 Å². The fourth-order valence-corrected chi connectivity index (χ4v) is 4.42. The summed E-state index contributed by atoms with van der Waals surface area (Å²) in [6, 6.07) is 12.0. The van der Waals surface area contributed by atoms with Gasteiger partial charge in [-0.3, -0.25) is 19.9 Å². The summed E-state index contributed by atoms with van der Waals surface area (Å²) in [6.45, 7) is 39.0. The van der Waals surface area contributed by atoms with Crippen LogP contribution in [0.2, 0.25) is 0 Å². The molecule has 0 spiro atoms. The number of hydrogen-bond acceptors (Lipinski definition) is 6. The van der Waals surface area contributed by atoms with E-state index in [9.17, 15) is 0 Å². The lowest BCUT2D eigenvalue weighted by molar-refractivity contribution is 0.469. The van der Waals surface area contributed by atoms with Crippen LogP contribution in [0.5, 0.6) is 0 Å². The molecule has 0 unspecified atom stereocenters. The molecule has 0 N–H and O–H groups in total. The zero-order valence-electron chi connectivity index (χ0n) is 44.5. The van der Waals surface area contributed by atoms with Gasteiger partial charge in [0.25, 0.3) is 0 Å². The smallest absolute Gasteiger partial charge is 0.158 e. The molecule has 0 amide bonds. The van der Waals surface area contributed by atoms with E-state index < -0.39 is 0 Å². The average Bonchev–Trinajstić information content (AvgIpc) is 3.80. The summed E-state index contributed by atoms with van der Waals surface area (Å²) in [5.41, 5.74) is 9.58. The molecule has 0 aromatic carbocycles. The van der Waals surface area contributed by atoms with Crippen LogP contribution in [0.1, 0.15) is 190 Å². The second-order valence-electron chi connectivity index (χ2n) is 21.8. The lowest BCUT2D eigenvalue weighted by Crippen LogP contribution is -1.93. The van der Waals surface area contributed by atoms with Crippen molar-refractivity contribution in [1.29, 1.82) is 0 Å². The second kappa shape index (κ2) is 32.9. The van der Waals surface area contributed by atoms with Gasteiger partial charge in [0.1, 0.15) is 0 Å². The Hall–Kier alpha value is -5.62. The molecule has 3 aliphatic carbocycles. The maximum atomic E-state index is 4.24. The maximum Gasteiger partial charge on any atom is 0.158 e. The topological polar surface area (TPSA) is 76.8 Å². The van der Waals surface area contributed by atoms with E-state index in [1.165, 1.54) is 11.1 Å². The monoisotopic (exact) mass is 893 g/mol. The van der Waals surface area contributed by atoms with Crippen molar-refractivity contribution in [3.05, 3.63) is 149 Å². The number of hydrogen-bond donors (Lipinski definition) is 0. The van der Waals surface area contributed by atoms with Gasteiger partial charge in [-0.25, -0.2) is 9.98 Å². The number of aliphatic imine (C=N–C) groups is 1. The van der Waals surface area contributed by atoms with Crippen LogP contribution in [-0.2, 0) is 0 Å². The Morgan fingerprint density at radius 1 is 0.318 bits per heavy atom. The summed E-state index contributed by atoms with van der Waals surface area (Å²) in [4.78, 5) is 25.2. The van der Waals surface area contributed by atoms with Gasteiger partial charge in [0, 0.05) is 49.2 Å². The van der Waals surface area contributed by atoms with E-state index in [-0.39, 0.29) is 0 Å². The van der Waals surface area contributed by atoms with Crippen molar-refractivity contribution >= 4 is 54.6 Å². The van der Waals surface area contributed by atoms with Crippen LogP contribution in [0, 0.1) is 21.7 Å². The molecule has 8 rings (SSSR count). The predicted molar refractivity (Wildman–Crippen MR) is 296 cm³/mol. The van der Waals surface area contributed by atoms with Gasteiger partial charge in [0.05, 0.1) is 22.8 Å². The zero-order valence-corrected chi connectivity index (χ0v) is 44.5. The zero-order chi connectivity index (χ0) is 50.1. The number of nitrogens with zero attached hydrogens (tertiary/aromatic N) is 6. The van der Waals surface area contributed by atoms with Crippen LogP contribution in [-0.4, -0.2) is 31.1 Å². The quantitative estimate of drug-likeness (QED) is 0.176. The van der Waals surface area contributed by atoms with Crippen LogP contribution in [0.4, 0.5) is 5.82 Å². The van der Waals surface area contributed by atoms with Crippen molar-refractivity contribution in [3.63, 3.8) is 0 Å². The molecule has 4 aromatic heterocycles. The molecule has 66 heavy (non-hydrogen) atoms. The first-order valence-corrected chi connectivity index (χ1v) is 23.7. The van der Waals surface area contributed by atoms with Crippen molar-refractivity contribution < 1.29 is 0 Å². The highest BCUT2D eigenvalue weighted by atomic mass is 14.9. The van der Waals surface area contributed by atoms with Crippen molar-refractivity contribution in [2.75, 3.05) is 0 Å². The van der Waals surface area contributed by atoms with Gasteiger partial charge in [0.2, 0.25) is 0 Å². The van der Waals surface area contributed by atoms with Gasteiger partial charge in [0.15, 0.2) is 5.82 Å². The summed E-state index contributed by atoms with van der Waals surface area (Å²) >= 11 is 0. The molecule has 0 saturated heterocycles. The molecule has 0 saturated carbocycles. The van der Waals surface area contributed by atoms with E-state index in [1.54, 1.807) is 18.6 Å². The number of allylic oxidation sites excluding steroid dienone is 7. The Labute approximate surface area is 404 Å². The van der Waals surface area contributed by atoms with Gasteiger partial charge < -0.3 is 0 Å². The molecule has 0 radical (unpaired) electrons. The van der Waals surface area contributed by atoms with E-state index in [1.807, 2.05) is 68.9 Å². The van der Waals surface area contributed by atoms with Gasteiger partial charge in [-0.2, -0.15) is 0 Å². The molecular weight excluding hydrogens is 805 g/mol. The van der Waals surface area contributed by atoms with Crippen molar-refractivity contribution in [1.82, 2.24) is 24.9 Å². The number of rotatable bonds is 0. The molecule has 358 valence electrons. The molecule has 0 fully saturated rings. The Kier molecular flexibility index (Phi) is 30.1. The average molecular weight is 893 g/mol. The van der Waals surface area contributed by atoms with Gasteiger partial charge in [-0.15, -0.1) is 0 Å². The largest absolute Gasteiger partial charge is 0.256 e. The number of aromatic nitrogens is 5. The minimum absolute atomic E-state index is 0.500. The van der Waals surface area contributed by atoms with Crippen molar-refractivity contribution in [3.8, 4) is 0 Å². The predicted octanol–water partition coefficient (Wildman–Crippen LogP) is 18.4. The van der Waals surface area contributed by atoms with Crippen molar-refractivity contribution in [2.45, 2.75) is 150 Å². The van der Waals surface area contributed by atoms with E-state index in [2.05, 4.69) is 226 Å². The molecule has 5 heterocycles. The normalized spacial score (nSPS) is 13.2. The third-order valence-corrected chi connectivity index (χ3v) is 6.58. The van der Waals surface area contributed by atoms with Gasteiger partial charge >= 0.3 is 0 Å². The molecule has 0 atom stereocenters. The molecular formula is C60H88N6. The summed E-state index contributed by atoms with van der Waals surface area (Å²) in [5, 5.41) is 0. The highest BCUT2D eigenvalue weighted by Gasteiger charge is 2.01. The minimum Gasteiger partial charge on any atom is -0.256 e. The first-order chi connectivity index (χ1) is 30.9. The van der Waals surface area contributed by atoms with Crippen LogP contribution in [0.3, 0.4) is 0 Å². The minimum atomic E-state index is 0.500. The first kappa shape index (κ1) is 60.4. The standard InChI is InChI=1S/2C10H9N.2C9H8N2.4C5H12.C2H6/c2*1-2-5-9-6-4-8-11-10(9)7-3-1;1-2-6-10-9-8(4-1)5-3-7-11-9;1-2-4-8-9(5-3-1)11-7-6-10-8;4*1-5(2,3)4;1-2/h2*2-8H,1H2;1,3-7H,2H2;2-7H,1H2;4*1-4H3;1-2H3.